The van der Waals surface area contributed by atoms with E-state index in [1.54, 1.807) is 0 Å². The van der Waals surface area contributed by atoms with Crippen LogP contribution in [0, 0.1) is 0 Å². The van der Waals surface area contributed by atoms with Gasteiger partial charge < -0.3 is 10.1 Å². The quantitative estimate of drug-likeness (QED) is 0.817. The second-order valence-electron chi connectivity index (χ2n) is 4.88. The summed E-state index contributed by atoms with van der Waals surface area (Å²) in [6.07, 6.45) is 5.49. The number of fused-ring (bicyclic) bond motifs is 1. The maximum Gasteiger partial charge on any atom is 0.0659 e. The zero-order chi connectivity index (χ0) is 10.8. The minimum atomic E-state index is 0.431. The molecule has 0 amide bonds. The van der Waals surface area contributed by atoms with Crippen LogP contribution in [0.25, 0.3) is 0 Å². The van der Waals surface area contributed by atoms with Gasteiger partial charge in [0.1, 0.15) is 0 Å². The van der Waals surface area contributed by atoms with Crippen molar-refractivity contribution in [3.8, 4) is 0 Å². The van der Waals surface area contributed by atoms with Crippen molar-refractivity contribution < 1.29 is 4.74 Å². The molecule has 0 radical (unpaired) electrons. The number of piperidine rings is 1. The Balaban J connectivity index is 1.59. The fourth-order valence-electron chi connectivity index (χ4n) is 2.82. The SMILES string of the molecule is c1ccc2c(c1)CC(OC1CCNCC1)C2. The fourth-order valence-corrected chi connectivity index (χ4v) is 2.82. The monoisotopic (exact) mass is 217 g/mol. The van der Waals surface area contributed by atoms with Crippen molar-refractivity contribution in [3.63, 3.8) is 0 Å². The van der Waals surface area contributed by atoms with E-state index < -0.39 is 0 Å². The van der Waals surface area contributed by atoms with E-state index in [1.807, 2.05) is 0 Å². The van der Waals surface area contributed by atoms with E-state index in [-0.39, 0.29) is 0 Å². The summed E-state index contributed by atoms with van der Waals surface area (Å²) < 4.78 is 6.19. The highest BCUT2D eigenvalue weighted by Crippen LogP contribution is 2.25. The van der Waals surface area contributed by atoms with Gasteiger partial charge in [-0.05, 0) is 49.9 Å². The molecule has 1 aliphatic heterocycles. The van der Waals surface area contributed by atoms with Crippen molar-refractivity contribution in [2.24, 2.45) is 0 Å². The van der Waals surface area contributed by atoms with Gasteiger partial charge in [-0.3, -0.25) is 0 Å². The van der Waals surface area contributed by atoms with Gasteiger partial charge in [-0.1, -0.05) is 24.3 Å². The van der Waals surface area contributed by atoms with E-state index in [2.05, 4.69) is 29.6 Å². The standard InChI is InChI=1S/C14H19NO/c1-2-4-12-10-14(9-11(12)3-1)16-13-5-7-15-8-6-13/h1-4,13-15H,5-10H2. The molecule has 1 N–H and O–H groups in total. The zero-order valence-electron chi connectivity index (χ0n) is 9.61. The molecule has 0 atom stereocenters. The van der Waals surface area contributed by atoms with E-state index in [9.17, 15) is 0 Å². The molecule has 1 aliphatic carbocycles. The summed E-state index contributed by atoms with van der Waals surface area (Å²) in [6, 6.07) is 8.74. The molecule has 2 heteroatoms. The number of ether oxygens (including phenoxy) is 1. The molecule has 0 bridgehead atoms. The van der Waals surface area contributed by atoms with Crippen LogP contribution in [0.4, 0.5) is 0 Å². The summed E-state index contributed by atoms with van der Waals surface area (Å²) in [5.74, 6) is 0. The Morgan fingerprint density at radius 1 is 0.938 bits per heavy atom. The van der Waals surface area contributed by atoms with E-state index >= 15 is 0 Å². The molecule has 1 fully saturated rings. The lowest BCUT2D eigenvalue weighted by molar-refractivity contribution is -0.0207. The van der Waals surface area contributed by atoms with Gasteiger partial charge in [-0.15, -0.1) is 0 Å². The van der Waals surface area contributed by atoms with Gasteiger partial charge in [0.05, 0.1) is 12.2 Å². The first-order valence-corrected chi connectivity index (χ1v) is 6.35. The Morgan fingerprint density at radius 3 is 2.19 bits per heavy atom. The van der Waals surface area contributed by atoms with Crippen molar-refractivity contribution in [2.75, 3.05) is 13.1 Å². The van der Waals surface area contributed by atoms with Crippen LogP contribution >= 0.6 is 0 Å². The molecular weight excluding hydrogens is 198 g/mol. The molecule has 0 saturated carbocycles. The Bertz CT molecular complexity index is 333. The summed E-state index contributed by atoms with van der Waals surface area (Å²) in [6.45, 7) is 2.23. The molecule has 16 heavy (non-hydrogen) atoms. The highest BCUT2D eigenvalue weighted by molar-refractivity contribution is 5.32. The normalized spacial score (nSPS) is 22.2. The third-order valence-corrected chi connectivity index (χ3v) is 3.68. The molecule has 0 spiro atoms. The van der Waals surface area contributed by atoms with E-state index in [4.69, 9.17) is 4.74 Å². The lowest BCUT2D eigenvalue weighted by Crippen LogP contribution is -2.35. The minimum absolute atomic E-state index is 0.431. The maximum absolute atomic E-state index is 6.19. The summed E-state index contributed by atoms with van der Waals surface area (Å²) >= 11 is 0. The van der Waals surface area contributed by atoms with Crippen molar-refractivity contribution in [2.45, 2.75) is 37.9 Å². The molecule has 2 nitrogen and oxygen atoms in total. The molecule has 3 rings (SSSR count). The van der Waals surface area contributed by atoms with Crippen LogP contribution < -0.4 is 5.32 Å². The predicted octanol–water partition coefficient (Wildman–Crippen LogP) is 1.92. The smallest absolute Gasteiger partial charge is 0.0659 e. The molecule has 2 aliphatic rings. The summed E-state index contributed by atoms with van der Waals surface area (Å²) in [5, 5.41) is 3.38. The number of benzene rings is 1. The average Bonchev–Trinajstić information content (AvgIpc) is 2.72. The van der Waals surface area contributed by atoms with E-state index in [1.165, 1.54) is 24.0 Å². The van der Waals surface area contributed by atoms with Crippen LogP contribution in [-0.4, -0.2) is 25.3 Å². The first-order valence-electron chi connectivity index (χ1n) is 6.35. The highest BCUT2D eigenvalue weighted by atomic mass is 16.5. The van der Waals surface area contributed by atoms with Gasteiger partial charge in [-0.25, -0.2) is 0 Å². The summed E-state index contributed by atoms with van der Waals surface area (Å²) in [7, 11) is 0. The second-order valence-corrected chi connectivity index (χ2v) is 4.88. The summed E-state index contributed by atoms with van der Waals surface area (Å²) in [4.78, 5) is 0. The summed E-state index contributed by atoms with van der Waals surface area (Å²) in [5.41, 5.74) is 2.97. The second kappa shape index (κ2) is 4.56. The van der Waals surface area contributed by atoms with Gasteiger partial charge in [0.15, 0.2) is 0 Å². The van der Waals surface area contributed by atoms with Crippen molar-refractivity contribution in [1.82, 2.24) is 5.32 Å². The Hall–Kier alpha value is -0.860. The number of rotatable bonds is 2. The largest absolute Gasteiger partial charge is 0.374 e. The Morgan fingerprint density at radius 2 is 1.56 bits per heavy atom. The fraction of sp³-hybridized carbons (Fsp3) is 0.571. The van der Waals surface area contributed by atoms with Crippen LogP contribution in [0.5, 0.6) is 0 Å². The first kappa shape index (κ1) is 10.3. The van der Waals surface area contributed by atoms with E-state index in [0.29, 0.717) is 12.2 Å². The van der Waals surface area contributed by atoms with Gasteiger partial charge in [0, 0.05) is 0 Å². The van der Waals surface area contributed by atoms with Gasteiger partial charge in [-0.2, -0.15) is 0 Å². The predicted molar refractivity (Wildman–Crippen MR) is 64.6 cm³/mol. The zero-order valence-corrected chi connectivity index (χ0v) is 9.61. The highest BCUT2D eigenvalue weighted by Gasteiger charge is 2.25. The van der Waals surface area contributed by atoms with E-state index in [0.717, 1.165) is 25.9 Å². The third-order valence-electron chi connectivity index (χ3n) is 3.68. The molecular formula is C14H19NO. The molecule has 0 aromatic heterocycles. The lowest BCUT2D eigenvalue weighted by Gasteiger charge is -2.26. The van der Waals surface area contributed by atoms with Crippen molar-refractivity contribution in [3.05, 3.63) is 35.4 Å². The molecule has 86 valence electrons. The number of nitrogens with one attached hydrogen (secondary N) is 1. The van der Waals surface area contributed by atoms with Crippen LogP contribution in [0.1, 0.15) is 24.0 Å². The van der Waals surface area contributed by atoms with Gasteiger partial charge in [0.25, 0.3) is 0 Å². The van der Waals surface area contributed by atoms with Gasteiger partial charge >= 0.3 is 0 Å². The molecule has 1 aromatic carbocycles. The Labute approximate surface area is 97.0 Å². The molecule has 1 aromatic rings. The van der Waals surface area contributed by atoms with Crippen molar-refractivity contribution >= 4 is 0 Å². The average molecular weight is 217 g/mol. The first-order chi connectivity index (χ1) is 7.92. The number of hydrogen-bond acceptors (Lipinski definition) is 2. The van der Waals surface area contributed by atoms with Crippen molar-refractivity contribution in [1.29, 1.82) is 0 Å². The lowest BCUT2D eigenvalue weighted by atomic mass is 10.1. The topological polar surface area (TPSA) is 21.3 Å². The number of hydrogen-bond donors (Lipinski definition) is 1. The molecule has 0 unspecified atom stereocenters. The van der Waals surface area contributed by atoms with Crippen LogP contribution in [0.2, 0.25) is 0 Å². The van der Waals surface area contributed by atoms with Crippen LogP contribution in [0.15, 0.2) is 24.3 Å². The molecule has 1 heterocycles. The van der Waals surface area contributed by atoms with Crippen LogP contribution in [0.3, 0.4) is 0 Å². The minimum Gasteiger partial charge on any atom is -0.374 e. The van der Waals surface area contributed by atoms with Crippen LogP contribution in [-0.2, 0) is 17.6 Å². The van der Waals surface area contributed by atoms with Gasteiger partial charge in [0.2, 0.25) is 0 Å². The Kier molecular flexibility index (Phi) is 2.94. The maximum atomic E-state index is 6.19. The third kappa shape index (κ3) is 2.13. The molecule has 1 saturated heterocycles.